The lowest BCUT2D eigenvalue weighted by Gasteiger charge is -2.12. The summed E-state index contributed by atoms with van der Waals surface area (Å²) in [5.74, 6) is 0. The van der Waals surface area contributed by atoms with E-state index in [-0.39, 0.29) is 0 Å². The van der Waals surface area contributed by atoms with Crippen molar-refractivity contribution < 1.29 is 4.39 Å². The largest absolute Gasteiger partial charge is 0.233 e. The van der Waals surface area contributed by atoms with Crippen molar-refractivity contribution in [3.8, 4) is 0 Å². The van der Waals surface area contributed by atoms with Crippen LogP contribution in [0, 0.1) is 0 Å². The molecule has 0 nitrogen and oxygen atoms in total. The average Bonchev–Trinajstić information content (AvgIpc) is 1.31. The molecule has 0 aromatic rings. The van der Waals surface area contributed by atoms with E-state index in [0.717, 1.165) is 0 Å². The predicted molar refractivity (Wildman–Crippen MR) is 40.1 cm³/mol. The van der Waals surface area contributed by atoms with Gasteiger partial charge in [0.1, 0.15) is 3.23 Å². The zero-order chi connectivity index (χ0) is 6.08. The molecule has 0 heterocycles. The van der Waals surface area contributed by atoms with Crippen molar-refractivity contribution in [3.05, 3.63) is 0 Å². The lowest BCUT2D eigenvalue weighted by Crippen LogP contribution is -2.14. The molecule has 0 radical (unpaired) electrons. The molecule has 44 valence electrons. The van der Waals surface area contributed by atoms with E-state index in [0.29, 0.717) is 0 Å². The van der Waals surface area contributed by atoms with E-state index in [9.17, 15) is 4.39 Å². The van der Waals surface area contributed by atoms with Gasteiger partial charge in [0.2, 0.25) is 0 Å². The molecule has 0 aromatic carbocycles. The van der Waals surface area contributed by atoms with Gasteiger partial charge in [-0.2, -0.15) is 0 Å². The normalized spacial score (nSPS) is 16.7. The minimum atomic E-state index is -1.06. The van der Waals surface area contributed by atoms with Crippen molar-refractivity contribution in [2.75, 3.05) is 0 Å². The summed E-state index contributed by atoms with van der Waals surface area (Å²) in [4.78, 5) is 0. The van der Waals surface area contributed by atoms with Crippen LogP contribution in [0.25, 0.3) is 0 Å². The summed E-state index contributed by atoms with van der Waals surface area (Å²) in [6.07, 6.45) is 0. The second-order valence-corrected chi connectivity index (χ2v) is 6.42. The van der Waals surface area contributed by atoms with Gasteiger partial charge in [-0.3, -0.25) is 0 Å². The monoisotopic (exact) mass is 296 g/mol. The summed E-state index contributed by atoms with van der Waals surface area (Å²) in [5, 5.41) is -1.06. The first kappa shape index (κ1) is 8.37. The Kier molecular flexibility index (Phi) is 3.33. The molecule has 1 unspecified atom stereocenters. The number of alkyl halides is 4. The minimum Gasteiger partial charge on any atom is -0.233 e. The minimum absolute atomic E-state index is 0.625. The molecule has 4 heteroatoms. The highest BCUT2D eigenvalue weighted by atomic mass is 79.9. The molecule has 1 atom stereocenters. The number of halogens is 4. The maximum absolute atomic E-state index is 12.0. The lowest BCUT2D eigenvalue weighted by molar-refractivity contribution is 0.451. The third-order valence-electron chi connectivity index (χ3n) is 0.383. The van der Waals surface area contributed by atoms with E-state index in [2.05, 4.69) is 47.8 Å². The van der Waals surface area contributed by atoms with Crippen LogP contribution in [0.2, 0.25) is 0 Å². The van der Waals surface area contributed by atoms with Crippen LogP contribution in [0.3, 0.4) is 0 Å². The Bertz CT molecular complexity index is 55.7. The second-order valence-electron chi connectivity index (χ2n) is 1.26. The van der Waals surface area contributed by atoms with Gasteiger partial charge in [-0.15, -0.1) is 0 Å². The summed E-state index contributed by atoms with van der Waals surface area (Å²) in [5.41, 5.74) is 0. The van der Waals surface area contributed by atoms with E-state index in [1.807, 2.05) is 0 Å². The highest BCUT2D eigenvalue weighted by Crippen LogP contribution is 2.34. The number of rotatable bonds is 1. The van der Waals surface area contributed by atoms with Gasteiger partial charge >= 0.3 is 0 Å². The summed E-state index contributed by atoms with van der Waals surface area (Å²) in [7, 11) is 0. The smallest absolute Gasteiger partial charge is 0.179 e. The molecule has 0 N–H and O–H groups in total. The zero-order valence-electron chi connectivity index (χ0n) is 3.59. The molecule has 0 aliphatic carbocycles. The van der Waals surface area contributed by atoms with Gasteiger partial charge in [-0.25, -0.2) is 4.39 Å². The second kappa shape index (κ2) is 2.78. The molecule has 0 saturated heterocycles. The van der Waals surface area contributed by atoms with Crippen molar-refractivity contribution in [1.29, 1.82) is 0 Å². The molecule has 0 saturated carbocycles. The Labute approximate surface area is 67.2 Å². The van der Waals surface area contributed by atoms with E-state index >= 15 is 0 Å². The van der Waals surface area contributed by atoms with Crippen LogP contribution < -0.4 is 0 Å². The fourth-order valence-electron chi connectivity index (χ4n) is 0. The summed E-state index contributed by atoms with van der Waals surface area (Å²) >= 11 is 8.81. The zero-order valence-corrected chi connectivity index (χ0v) is 8.35. The Hall–Kier alpha value is 1.37. The van der Waals surface area contributed by atoms with Gasteiger partial charge in [0.25, 0.3) is 0 Å². The van der Waals surface area contributed by atoms with Crippen molar-refractivity contribution in [2.24, 2.45) is 0 Å². The summed E-state index contributed by atoms with van der Waals surface area (Å²) in [6, 6.07) is 0. The number of hydrogen-bond donors (Lipinski definition) is 0. The molecular formula is C3H4Br3F. The van der Waals surface area contributed by atoms with Crippen molar-refractivity contribution in [3.63, 3.8) is 0 Å². The Morgan fingerprint density at radius 3 is 1.71 bits per heavy atom. The van der Waals surface area contributed by atoms with Crippen LogP contribution in [-0.4, -0.2) is 8.31 Å². The predicted octanol–water partition coefficient (Wildman–Crippen LogP) is 3.18. The molecule has 0 aliphatic heterocycles. The van der Waals surface area contributed by atoms with Crippen LogP contribution in [-0.2, 0) is 0 Å². The van der Waals surface area contributed by atoms with Crippen LogP contribution >= 0.6 is 47.8 Å². The Morgan fingerprint density at radius 1 is 1.57 bits per heavy atom. The Balaban J connectivity index is 3.54. The number of hydrogen-bond acceptors (Lipinski definition) is 0. The van der Waals surface area contributed by atoms with Gasteiger partial charge in [0.05, 0.1) is 0 Å². The molecule has 0 rings (SSSR count). The van der Waals surface area contributed by atoms with Gasteiger partial charge in [-0.1, -0.05) is 31.9 Å². The highest BCUT2D eigenvalue weighted by Gasteiger charge is 2.24. The molecule has 0 spiro atoms. The molecular weight excluding hydrogens is 295 g/mol. The van der Waals surface area contributed by atoms with Gasteiger partial charge in [0.15, 0.2) is 5.08 Å². The Morgan fingerprint density at radius 2 is 1.71 bits per heavy atom. The fourth-order valence-corrected chi connectivity index (χ4v) is 0. The highest BCUT2D eigenvalue weighted by molar-refractivity contribution is 9.26. The average molecular weight is 299 g/mol. The standard InChI is InChI=1S/C3H4Br3F/c1-3(5,6)2(4)7/h2H,1H3. The quantitative estimate of drug-likeness (QED) is 0.652. The summed E-state index contributed by atoms with van der Waals surface area (Å²) < 4.78 is 11.4. The first-order valence-corrected chi connectivity index (χ1v) is 4.10. The third-order valence-corrected chi connectivity index (χ3v) is 3.33. The maximum atomic E-state index is 12.0. The van der Waals surface area contributed by atoms with Crippen LogP contribution in [0.4, 0.5) is 4.39 Å². The maximum Gasteiger partial charge on any atom is 0.179 e. The van der Waals surface area contributed by atoms with Crippen LogP contribution in [0.15, 0.2) is 0 Å². The molecule has 7 heavy (non-hydrogen) atoms. The topological polar surface area (TPSA) is 0 Å². The third kappa shape index (κ3) is 3.91. The molecule has 0 bridgehead atoms. The molecule has 0 fully saturated rings. The van der Waals surface area contributed by atoms with Crippen molar-refractivity contribution in [1.82, 2.24) is 0 Å². The first-order chi connectivity index (χ1) is 2.94. The van der Waals surface area contributed by atoms with Gasteiger partial charge in [0, 0.05) is 0 Å². The van der Waals surface area contributed by atoms with Crippen LogP contribution in [0.5, 0.6) is 0 Å². The fraction of sp³-hybridized carbons (Fsp3) is 1.00. The van der Waals surface area contributed by atoms with Gasteiger partial charge in [-0.05, 0) is 22.9 Å². The van der Waals surface area contributed by atoms with Gasteiger partial charge < -0.3 is 0 Å². The van der Waals surface area contributed by atoms with E-state index in [1.165, 1.54) is 0 Å². The van der Waals surface area contributed by atoms with E-state index < -0.39 is 8.31 Å². The van der Waals surface area contributed by atoms with E-state index in [4.69, 9.17) is 0 Å². The lowest BCUT2D eigenvalue weighted by atomic mass is 10.5. The van der Waals surface area contributed by atoms with Crippen molar-refractivity contribution in [2.45, 2.75) is 15.2 Å². The SMILES string of the molecule is CC(Br)(Br)C(F)Br. The molecule has 0 aromatic heterocycles. The molecule has 0 aliphatic rings. The molecule has 0 amide bonds. The first-order valence-electron chi connectivity index (χ1n) is 1.60. The summed E-state index contributed by atoms with van der Waals surface area (Å²) in [6.45, 7) is 1.67. The van der Waals surface area contributed by atoms with Crippen molar-refractivity contribution >= 4 is 47.8 Å². The van der Waals surface area contributed by atoms with Crippen LogP contribution in [0.1, 0.15) is 6.92 Å². The van der Waals surface area contributed by atoms with E-state index in [1.54, 1.807) is 6.92 Å².